The van der Waals surface area contributed by atoms with Crippen molar-refractivity contribution < 1.29 is 22.7 Å². The number of rotatable bonds is 5. The first-order valence-electron chi connectivity index (χ1n) is 6.78. The summed E-state index contributed by atoms with van der Waals surface area (Å²) in [6, 6.07) is 3.32. The third-order valence-corrected chi connectivity index (χ3v) is 2.91. The van der Waals surface area contributed by atoms with Crippen molar-refractivity contribution in [1.82, 2.24) is 20.1 Å². The molecule has 124 valence electrons. The van der Waals surface area contributed by atoms with Crippen molar-refractivity contribution >= 4 is 5.91 Å². The van der Waals surface area contributed by atoms with E-state index in [0.717, 1.165) is 10.9 Å². The second-order valence-corrected chi connectivity index (χ2v) is 4.65. The van der Waals surface area contributed by atoms with Crippen LogP contribution >= 0.6 is 0 Å². The number of aromatic nitrogens is 3. The summed E-state index contributed by atoms with van der Waals surface area (Å²) in [6.45, 7) is 2.16. The highest BCUT2D eigenvalue weighted by atomic mass is 19.4. The second kappa shape index (κ2) is 6.67. The van der Waals surface area contributed by atoms with Gasteiger partial charge in [0.15, 0.2) is 5.69 Å². The van der Waals surface area contributed by atoms with Gasteiger partial charge in [-0.2, -0.15) is 18.3 Å². The molecule has 0 aromatic carbocycles. The molecule has 0 unspecified atom stereocenters. The lowest BCUT2D eigenvalue weighted by molar-refractivity contribution is -0.141. The molecule has 0 saturated heterocycles. The fourth-order valence-electron chi connectivity index (χ4n) is 1.96. The Labute approximate surface area is 130 Å². The average molecular weight is 328 g/mol. The fraction of sp³-hybridized carbons (Fsp3) is 0.357. The van der Waals surface area contributed by atoms with E-state index in [1.807, 2.05) is 0 Å². The van der Waals surface area contributed by atoms with Crippen molar-refractivity contribution in [3.05, 3.63) is 41.3 Å². The molecule has 0 aliphatic rings. The Morgan fingerprint density at radius 3 is 2.83 bits per heavy atom. The highest BCUT2D eigenvalue weighted by Crippen LogP contribution is 2.30. The lowest BCUT2D eigenvalue weighted by Gasteiger charge is -2.10. The van der Waals surface area contributed by atoms with E-state index in [1.54, 1.807) is 19.1 Å². The topological polar surface area (TPSA) is 69.0 Å². The van der Waals surface area contributed by atoms with E-state index < -0.39 is 23.3 Å². The van der Waals surface area contributed by atoms with Crippen molar-refractivity contribution in [1.29, 1.82) is 0 Å². The Morgan fingerprint density at radius 1 is 1.43 bits per heavy atom. The maximum Gasteiger partial charge on any atom is 0.435 e. The third kappa shape index (κ3) is 3.99. The molecule has 1 N–H and O–H groups in total. The Bertz CT molecular complexity index is 698. The van der Waals surface area contributed by atoms with Crippen molar-refractivity contribution in [3.8, 4) is 5.88 Å². The summed E-state index contributed by atoms with van der Waals surface area (Å²) in [5, 5.41) is 5.73. The number of hydrogen-bond acceptors (Lipinski definition) is 4. The molecule has 2 aromatic heterocycles. The molecule has 0 saturated carbocycles. The molecule has 23 heavy (non-hydrogen) atoms. The Kier molecular flexibility index (Phi) is 4.87. The van der Waals surface area contributed by atoms with E-state index in [0.29, 0.717) is 18.1 Å². The largest absolute Gasteiger partial charge is 0.478 e. The van der Waals surface area contributed by atoms with E-state index in [4.69, 9.17) is 4.74 Å². The van der Waals surface area contributed by atoms with Gasteiger partial charge in [0, 0.05) is 31.5 Å². The molecular formula is C14H15F3N4O2. The monoisotopic (exact) mass is 328 g/mol. The molecule has 9 heteroatoms. The quantitative estimate of drug-likeness (QED) is 0.913. The average Bonchev–Trinajstić information content (AvgIpc) is 2.89. The van der Waals surface area contributed by atoms with Gasteiger partial charge in [-0.3, -0.25) is 9.48 Å². The van der Waals surface area contributed by atoms with E-state index in [2.05, 4.69) is 15.4 Å². The minimum Gasteiger partial charge on any atom is -0.478 e. The number of carbonyl (C=O) groups excluding carboxylic acids is 1. The van der Waals surface area contributed by atoms with Crippen LogP contribution in [0.1, 0.15) is 28.5 Å². The maximum atomic E-state index is 12.9. The number of carbonyl (C=O) groups is 1. The van der Waals surface area contributed by atoms with Crippen LogP contribution in [-0.2, 0) is 19.8 Å². The first-order valence-corrected chi connectivity index (χ1v) is 6.78. The number of ether oxygens (including phenoxy) is 1. The number of nitrogens with zero attached hydrogens (tertiary/aromatic N) is 3. The van der Waals surface area contributed by atoms with Crippen LogP contribution < -0.4 is 10.1 Å². The molecular weight excluding hydrogens is 313 g/mol. The molecule has 0 aliphatic carbocycles. The van der Waals surface area contributed by atoms with Crippen molar-refractivity contribution in [2.75, 3.05) is 6.61 Å². The first-order chi connectivity index (χ1) is 10.8. The van der Waals surface area contributed by atoms with Gasteiger partial charge in [0.25, 0.3) is 5.91 Å². The van der Waals surface area contributed by atoms with Crippen LogP contribution in [-0.4, -0.2) is 27.3 Å². The van der Waals surface area contributed by atoms with Gasteiger partial charge >= 0.3 is 6.18 Å². The summed E-state index contributed by atoms with van der Waals surface area (Å²) in [5.41, 5.74) is -1.17. The number of nitrogens with one attached hydrogen (secondary N) is 1. The maximum absolute atomic E-state index is 12.9. The molecule has 0 atom stereocenters. The second-order valence-electron chi connectivity index (χ2n) is 4.65. The summed E-state index contributed by atoms with van der Waals surface area (Å²) < 4.78 is 44.8. The minimum atomic E-state index is -4.70. The number of aryl methyl sites for hydroxylation is 1. The summed E-state index contributed by atoms with van der Waals surface area (Å²) in [6.07, 6.45) is -2.14. The molecule has 0 radical (unpaired) electrons. The van der Waals surface area contributed by atoms with E-state index in [1.165, 1.54) is 13.2 Å². The predicted octanol–water partition coefficient (Wildman–Crippen LogP) is 2.16. The van der Waals surface area contributed by atoms with Crippen LogP contribution in [0.25, 0.3) is 0 Å². The molecule has 0 aliphatic heterocycles. The molecule has 1 amide bonds. The minimum absolute atomic E-state index is 0.00576. The number of amides is 1. The zero-order chi connectivity index (χ0) is 17.0. The molecule has 6 nitrogen and oxygen atoms in total. The van der Waals surface area contributed by atoms with Crippen molar-refractivity contribution in [2.24, 2.45) is 7.05 Å². The summed E-state index contributed by atoms with van der Waals surface area (Å²) in [5.74, 6) is -0.533. The SMILES string of the molecule is CCOc1ncccc1CNC(=O)c1cn(C)nc1C(F)(F)F. The molecule has 2 rings (SSSR count). The van der Waals surface area contributed by atoms with Crippen LogP contribution in [0, 0.1) is 0 Å². The van der Waals surface area contributed by atoms with Gasteiger partial charge in [0.05, 0.1) is 12.2 Å². The zero-order valence-corrected chi connectivity index (χ0v) is 12.5. The lowest BCUT2D eigenvalue weighted by atomic mass is 10.2. The Morgan fingerprint density at radius 2 is 2.17 bits per heavy atom. The van der Waals surface area contributed by atoms with Gasteiger partial charge in [-0.1, -0.05) is 6.07 Å². The smallest absolute Gasteiger partial charge is 0.435 e. The number of pyridine rings is 1. The van der Waals surface area contributed by atoms with Crippen molar-refractivity contribution in [3.63, 3.8) is 0 Å². The Balaban J connectivity index is 2.15. The number of halogens is 3. The molecule has 0 spiro atoms. The van der Waals surface area contributed by atoms with Gasteiger partial charge < -0.3 is 10.1 Å². The van der Waals surface area contributed by atoms with Crippen LogP contribution in [0.5, 0.6) is 5.88 Å². The van der Waals surface area contributed by atoms with Crippen LogP contribution in [0.2, 0.25) is 0 Å². The zero-order valence-electron chi connectivity index (χ0n) is 12.5. The molecule has 0 fully saturated rings. The third-order valence-electron chi connectivity index (χ3n) is 2.91. The standard InChI is InChI=1S/C14H15F3N4O2/c1-3-23-13-9(5-4-6-18-13)7-19-12(22)10-8-21(2)20-11(10)14(15,16)17/h4-6,8H,3,7H2,1-2H3,(H,19,22). The van der Waals surface area contributed by atoms with Gasteiger partial charge in [0.2, 0.25) is 5.88 Å². The molecule has 0 bridgehead atoms. The number of hydrogen-bond donors (Lipinski definition) is 1. The summed E-state index contributed by atoms with van der Waals surface area (Å²) in [7, 11) is 1.32. The van der Waals surface area contributed by atoms with Crippen LogP contribution in [0.3, 0.4) is 0 Å². The van der Waals surface area contributed by atoms with Crippen molar-refractivity contribution in [2.45, 2.75) is 19.6 Å². The van der Waals surface area contributed by atoms with Crippen LogP contribution in [0.4, 0.5) is 13.2 Å². The predicted molar refractivity (Wildman–Crippen MR) is 74.8 cm³/mol. The lowest BCUT2D eigenvalue weighted by Crippen LogP contribution is -2.25. The summed E-state index contributed by atoms with van der Waals surface area (Å²) in [4.78, 5) is 16.1. The number of alkyl halides is 3. The van der Waals surface area contributed by atoms with Gasteiger partial charge in [-0.15, -0.1) is 0 Å². The normalized spacial score (nSPS) is 11.3. The highest BCUT2D eigenvalue weighted by Gasteiger charge is 2.38. The molecule has 2 aromatic rings. The molecule has 2 heterocycles. The van der Waals surface area contributed by atoms with E-state index in [9.17, 15) is 18.0 Å². The van der Waals surface area contributed by atoms with Gasteiger partial charge in [-0.05, 0) is 13.0 Å². The fourth-order valence-corrected chi connectivity index (χ4v) is 1.96. The first kappa shape index (κ1) is 16.8. The van der Waals surface area contributed by atoms with E-state index >= 15 is 0 Å². The summed E-state index contributed by atoms with van der Waals surface area (Å²) >= 11 is 0. The Hall–Kier alpha value is -2.58. The highest BCUT2D eigenvalue weighted by molar-refractivity contribution is 5.95. The van der Waals surface area contributed by atoms with Gasteiger partial charge in [0.1, 0.15) is 0 Å². The van der Waals surface area contributed by atoms with Gasteiger partial charge in [-0.25, -0.2) is 4.98 Å². The van der Waals surface area contributed by atoms with Crippen LogP contribution in [0.15, 0.2) is 24.5 Å². The van der Waals surface area contributed by atoms with E-state index in [-0.39, 0.29) is 6.54 Å².